The van der Waals surface area contributed by atoms with E-state index in [1.807, 2.05) is 26.1 Å². The highest BCUT2D eigenvalue weighted by Crippen LogP contribution is 2.19. The molecule has 1 rings (SSSR count). The maximum Gasteiger partial charge on any atom is 0.255 e. The summed E-state index contributed by atoms with van der Waals surface area (Å²) < 4.78 is 24.8. The molecule has 1 atom stereocenters. The third kappa shape index (κ3) is 4.23. The molecule has 0 fully saturated rings. The van der Waals surface area contributed by atoms with Gasteiger partial charge in [0.2, 0.25) is 0 Å². The van der Waals surface area contributed by atoms with Crippen molar-refractivity contribution in [1.82, 2.24) is 5.32 Å². The molecule has 0 saturated heterocycles. The number of anilines is 1. The number of halogens is 2. The van der Waals surface area contributed by atoms with E-state index in [4.69, 9.17) is 5.11 Å². The second-order valence-corrected chi connectivity index (χ2v) is 4.16. The predicted octanol–water partition coefficient (Wildman–Crippen LogP) is 2.03. The van der Waals surface area contributed by atoms with E-state index in [0.717, 1.165) is 5.56 Å². The molecule has 0 bridgehead atoms. The fraction of sp³-hybridized carbons (Fsp3) is 0.538. The third-order valence-corrected chi connectivity index (χ3v) is 2.92. The van der Waals surface area contributed by atoms with Crippen molar-refractivity contribution >= 4 is 5.69 Å². The number of rotatable bonds is 7. The van der Waals surface area contributed by atoms with Crippen molar-refractivity contribution in [2.75, 3.05) is 31.6 Å². The molecule has 0 radical (unpaired) electrons. The fourth-order valence-electron chi connectivity index (χ4n) is 1.75. The highest BCUT2D eigenvalue weighted by atomic mass is 19.3. The van der Waals surface area contributed by atoms with Gasteiger partial charge in [-0.25, -0.2) is 8.78 Å². The normalized spacial score (nSPS) is 12.8. The minimum atomic E-state index is -2.41. The number of aliphatic hydroxyl groups excluding tert-OH is 1. The highest BCUT2D eigenvalue weighted by Gasteiger charge is 2.12. The molecule has 0 aliphatic rings. The third-order valence-electron chi connectivity index (χ3n) is 2.92. The van der Waals surface area contributed by atoms with Gasteiger partial charge in [0.15, 0.2) is 0 Å². The van der Waals surface area contributed by atoms with E-state index in [2.05, 4.69) is 5.32 Å². The van der Waals surface area contributed by atoms with Gasteiger partial charge in [-0.1, -0.05) is 12.1 Å². The van der Waals surface area contributed by atoms with E-state index < -0.39 is 6.43 Å². The van der Waals surface area contributed by atoms with Crippen LogP contribution in [0, 0.1) is 0 Å². The maximum absolute atomic E-state index is 12.4. The lowest BCUT2D eigenvalue weighted by atomic mass is 10.1. The minimum Gasteiger partial charge on any atom is -0.395 e. The minimum absolute atomic E-state index is 0.138. The Morgan fingerprint density at radius 2 is 1.89 bits per heavy atom. The summed E-state index contributed by atoms with van der Waals surface area (Å²) in [5.41, 5.74) is 1.80. The number of nitrogens with one attached hydrogen (secondary N) is 1. The van der Waals surface area contributed by atoms with Crippen molar-refractivity contribution in [2.45, 2.75) is 19.4 Å². The van der Waals surface area contributed by atoms with Crippen LogP contribution in [-0.2, 0) is 0 Å². The smallest absolute Gasteiger partial charge is 0.255 e. The van der Waals surface area contributed by atoms with Gasteiger partial charge in [0, 0.05) is 18.3 Å². The zero-order chi connectivity index (χ0) is 13.5. The molecule has 1 aromatic rings. The summed E-state index contributed by atoms with van der Waals surface area (Å²) in [4.78, 5) is 1.48. The van der Waals surface area contributed by atoms with E-state index in [0.29, 0.717) is 5.69 Å². The Hall–Kier alpha value is -1.20. The standard InChI is InChI=1S/C13H20F2N2O/c1-10(16-2)11-3-5-12(6-4-11)17(7-8-18)9-13(14)15/h3-6,10,13,16,18H,7-9H2,1-2H3. The monoisotopic (exact) mass is 258 g/mol. The van der Waals surface area contributed by atoms with E-state index in [-0.39, 0.29) is 25.7 Å². The van der Waals surface area contributed by atoms with Gasteiger partial charge in [-0.2, -0.15) is 0 Å². The molecule has 3 nitrogen and oxygen atoms in total. The van der Waals surface area contributed by atoms with Crippen molar-refractivity contribution in [3.8, 4) is 0 Å². The van der Waals surface area contributed by atoms with Crippen LogP contribution in [0.2, 0.25) is 0 Å². The van der Waals surface area contributed by atoms with Gasteiger partial charge in [-0.3, -0.25) is 0 Å². The Bertz CT molecular complexity index is 343. The molecule has 0 amide bonds. The zero-order valence-corrected chi connectivity index (χ0v) is 10.7. The second-order valence-electron chi connectivity index (χ2n) is 4.16. The van der Waals surface area contributed by atoms with Gasteiger partial charge in [0.05, 0.1) is 13.2 Å². The van der Waals surface area contributed by atoms with Gasteiger partial charge in [0.1, 0.15) is 0 Å². The Kier molecular flexibility index (Phi) is 6.01. The number of benzene rings is 1. The lowest BCUT2D eigenvalue weighted by molar-refractivity contribution is 0.153. The van der Waals surface area contributed by atoms with Gasteiger partial charge in [0.25, 0.3) is 6.43 Å². The van der Waals surface area contributed by atoms with Crippen LogP contribution in [0.4, 0.5) is 14.5 Å². The predicted molar refractivity (Wildman–Crippen MR) is 69.2 cm³/mol. The first-order valence-electron chi connectivity index (χ1n) is 5.99. The molecule has 0 aliphatic carbocycles. The maximum atomic E-state index is 12.4. The zero-order valence-electron chi connectivity index (χ0n) is 10.7. The van der Waals surface area contributed by atoms with Gasteiger partial charge < -0.3 is 15.3 Å². The average Bonchev–Trinajstić information content (AvgIpc) is 2.37. The molecule has 1 aromatic carbocycles. The van der Waals surface area contributed by atoms with Gasteiger partial charge in [-0.15, -0.1) is 0 Å². The summed E-state index contributed by atoms with van der Waals surface area (Å²) >= 11 is 0. The molecule has 1 unspecified atom stereocenters. The average molecular weight is 258 g/mol. The first-order valence-corrected chi connectivity index (χ1v) is 5.99. The van der Waals surface area contributed by atoms with E-state index in [1.54, 1.807) is 12.1 Å². The highest BCUT2D eigenvalue weighted by molar-refractivity contribution is 5.48. The van der Waals surface area contributed by atoms with Crippen molar-refractivity contribution in [3.05, 3.63) is 29.8 Å². The van der Waals surface area contributed by atoms with E-state index >= 15 is 0 Å². The molecular formula is C13H20F2N2O. The first kappa shape index (κ1) is 14.9. The second kappa shape index (κ2) is 7.28. The summed E-state index contributed by atoms with van der Waals surface area (Å²) in [6.45, 7) is 1.74. The number of hydrogen-bond acceptors (Lipinski definition) is 3. The lowest BCUT2D eigenvalue weighted by Crippen LogP contribution is -2.31. The van der Waals surface area contributed by atoms with Gasteiger partial charge in [-0.05, 0) is 31.7 Å². The molecule has 0 aromatic heterocycles. The Morgan fingerprint density at radius 1 is 1.28 bits per heavy atom. The largest absolute Gasteiger partial charge is 0.395 e. The summed E-state index contributed by atoms with van der Waals surface area (Å²) in [6, 6.07) is 7.65. The van der Waals surface area contributed by atoms with Crippen molar-refractivity contribution in [2.24, 2.45) is 0 Å². The molecule has 0 heterocycles. The van der Waals surface area contributed by atoms with Crippen LogP contribution < -0.4 is 10.2 Å². The fourth-order valence-corrected chi connectivity index (χ4v) is 1.75. The SMILES string of the molecule is CNC(C)c1ccc(N(CCO)CC(F)F)cc1. The topological polar surface area (TPSA) is 35.5 Å². The van der Waals surface area contributed by atoms with Crippen LogP contribution in [0.1, 0.15) is 18.5 Å². The van der Waals surface area contributed by atoms with Crippen molar-refractivity contribution in [3.63, 3.8) is 0 Å². The number of hydrogen-bond donors (Lipinski definition) is 2. The number of aliphatic hydroxyl groups is 1. The van der Waals surface area contributed by atoms with Crippen LogP contribution >= 0.6 is 0 Å². The summed E-state index contributed by atoms with van der Waals surface area (Å²) in [5, 5.41) is 12.0. The lowest BCUT2D eigenvalue weighted by Gasteiger charge is -2.24. The van der Waals surface area contributed by atoms with E-state index in [9.17, 15) is 8.78 Å². The first-order chi connectivity index (χ1) is 8.58. The Balaban J connectivity index is 2.79. The molecule has 0 spiro atoms. The number of alkyl halides is 2. The van der Waals surface area contributed by atoms with Crippen LogP contribution in [0.3, 0.4) is 0 Å². The van der Waals surface area contributed by atoms with Crippen molar-refractivity contribution < 1.29 is 13.9 Å². The Labute approximate surface area is 106 Å². The molecule has 18 heavy (non-hydrogen) atoms. The molecule has 102 valence electrons. The molecule has 0 saturated carbocycles. The summed E-state index contributed by atoms with van der Waals surface area (Å²) in [6.07, 6.45) is -2.41. The van der Waals surface area contributed by atoms with Crippen LogP contribution in [0.5, 0.6) is 0 Å². The van der Waals surface area contributed by atoms with Crippen LogP contribution in [-0.4, -0.2) is 38.3 Å². The Morgan fingerprint density at radius 3 is 2.33 bits per heavy atom. The molecule has 0 aliphatic heterocycles. The van der Waals surface area contributed by atoms with Crippen molar-refractivity contribution in [1.29, 1.82) is 0 Å². The molecule has 2 N–H and O–H groups in total. The van der Waals surface area contributed by atoms with Crippen LogP contribution in [0.25, 0.3) is 0 Å². The quantitative estimate of drug-likeness (QED) is 0.785. The number of nitrogens with zero attached hydrogens (tertiary/aromatic N) is 1. The van der Waals surface area contributed by atoms with Gasteiger partial charge >= 0.3 is 0 Å². The molecule has 5 heteroatoms. The molecular weight excluding hydrogens is 238 g/mol. The summed E-state index contributed by atoms with van der Waals surface area (Å²) in [7, 11) is 1.87. The summed E-state index contributed by atoms with van der Waals surface area (Å²) in [5.74, 6) is 0. The van der Waals surface area contributed by atoms with Crippen LogP contribution in [0.15, 0.2) is 24.3 Å². The van der Waals surface area contributed by atoms with E-state index in [1.165, 1.54) is 4.90 Å².